The molecule has 3 aromatic rings. The molecule has 0 atom stereocenters. The van der Waals surface area contributed by atoms with Gasteiger partial charge >= 0.3 is 0 Å². The molecule has 0 radical (unpaired) electrons. The summed E-state index contributed by atoms with van der Waals surface area (Å²) in [7, 11) is 1.77. The van der Waals surface area contributed by atoms with Gasteiger partial charge in [-0.15, -0.1) is 5.10 Å². The molecule has 3 rings (SSSR count). The quantitative estimate of drug-likeness (QED) is 0.728. The molecule has 0 unspecified atom stereocenters. The molecule has 0 saturated heterocycles. The van der Waals surface area contributed by atoms with Gasteiger partial charge in [-0.05, 0) is 11.1 Å². The maximum Gasteiger partial charge on any atom is 0.276 e. The summed E-state index contributed by atoms with van der Waals surface area (Å²) in [5.74, 6) is -0.131. The third kappa shape index (κ3) is 3.83. The number of carbonyl (C=O) groups excluding carboxylic acids is 1. The first kappa shape index (κ1) is 15.0. The molecule has 0 saturated carbocycles. The molecular weight excluding hydrogens is 288 g/mol. The monoisotopic (exact) mass is 306 g/mol. The Morgan fingerprint density at radius 1 is 1.00 bits per heavy atom. The van der Waals surface area contributed by atoms with Crippen molar-refractivity contribution in [2.75, 3.05) is 7.05 Å². The van der Waals surface area contributed by atoms with Gasteiger partial charge < -0.3 is 4.90 Å². The van der Waals surface area contributed by atoms with E-state index < -0.39 is 0 Å². The zero-order chi connectivity index (χ0) is 16.1. The van der Waals surface area contributed by atoms with Crippen LogP contribution in [0.25, 0.3) is 0 Å². The van der Waals surface area contributed by atoms with E-state index in [1.54, 1.807) is 22.8 Å². The lowest BCUT2D eigenvalue weighted by Crippen LogP contribution is -2.26. The summed E-state index contributed by atoms with van der Waals surface area (Å²) in [5.41, 5.74) is 2.56. The molecular formula is C18H18N4O. The third-order valence-electron chi connectivity index (χ3n) is 3.55. The fourth-order valence-corrected chi connectivity index (χ4v) is 2.37. The first-order valence-corrected chi connectivity index (χ1v) is 7.46. The molecule has 116 valence electrons. The van der Waals surface area contributed by atoms with Gasteiger partial charge in [-0.3, -0.25) is 4.79 Å². The number of hydrogen-bond acceptors (Lipinski definition) is 3. The Bertz CT molecular complexity index is 768. The van der Waals surface area contributed by atoms with Crippen LogP contribution >= 0.6 is 0 Å². The van der Waals surface area contributed by atoms with Crippen LogP contribution in [0.5, 0.6) is 0 Å². The molecule has 1 aromatic heterocycles. The lowest BCUT2D eigenvalue weighted by Gasteiger charge is -2.15. The highest BCUT2D eigenvalue weighted by molar-refractivity contribution is 5.91. The summed E-state index contributed by atoms with van der Waals surface area (Å²) in [5, 5.41) is 8.04. The highest BCUT2D eigenvalue weighted by Gasteiger charge is 2.16. The molecule has 0 N–H and O–H groups in total. The largest absolute Gasteiger partial charge is 0.336 e. The van der Waals surface area contributed by atoms with Gasteiger partial charge in [-0.1, -0.05) is 65.9 Å². The summed E-state index contributed by atoms with van der Waals surface area (Å²) in [6, 6.07) is 19.8. The molecule has 0 aliphatic carbocycles. The number of amides is 1. The van der Waals surface area contributed by atoms with Crippen LogP contribution in [0.2, 0.25) is 0 Å². The minimum absolute atomic E-state index is 0.131. The zero-order valence-electron chi connectivity index (χ0n) is 13.0. The molecule has 2 aromatic carbocycles. The van der Waals surface area contributed by atoms with Crippen LogP contribution in [0.3, 0.4) is 0 Å². The van der Waals surface area contributed by atoms with Gasteiger partial charge in [-0.2, -0.15) is 0 Å². The predicted octanol–water partition coefficient (Wildman–Crippen LogP) is 2.60. The van der Waals surface area contributed by atoms with Crippen molar-refractivity contribution in [3.63, 3.8) is 0 Å². The highest BCUT2D eigenvalue weighted by atomic mass is 16.2. The van der Waals surface area contributed by atoms with Crippen LogP contribution in [-0.2, 0) is 13.1 Å². The van der Waals surface area contributed by atoms with Crippen LogP contribution in [-0.4, -0.2) is 32.8 Å². The van der Waals surface area contributed by atoms with Crippen molar-refractivity contribution >= 4 is 5.91 Å². The Morgan fingerprint density at radius 2 is 1.61 bits per heavy atom. The van der Waals surface area contributed by atoms with E-state index in [1.165, 1.54) is 0 Å². The first-order chi connectivity index (χ1) is 11.2. The number of rotatable bonds is 5. The van der Waals surface area contributed by atoms with Crippen LogP contribution in [0.4, 0.5) is 0 Å². The minimum atomic E-state index is -0.131. The summed E-state index contributed by atoms with van der Waals surface area (Å²) < 4.78 is 1.68. The lowest BCUT2D eigenvalue weighted by molar-refractivity contribution is 0.0779. The number of nitrogens with zero attached hydrogens (tertiary/aromatic N) is 4. The molecule has 1 heterocycles. The van der Waals surface area contributed by atoms with Gasteiger partial charge in [0.15, 0.2) is 5.69 Å². The summed E-state index contributed by atoms with van der Waals surface area (Å²) in [6.45, 7) is 1.15. The molecule has 5 heteroatoms. The summed E-state index contributed by atoms with van der Waals surface area (Å²) in [4.78, 5) is 14.1. The van der Waals surface area contributed by atoms with E-state index in [1.807, 2.05) is 60.7 Å². The van der Waals surface area contributed by atoms with E-state index in [0.717, 1.165) is 11.1 Å². The zero-order valence-corrected chi connectivity index (χ0v) is 13.0. The SMILES string of the molecule is CN(Cc1ccccc1)C(=O)c1cn(Cc2ccccc2)nn1. The number of carbonyl (C=O) groups is 1. The maximum absolute atomic E-state index is 12.4. The average molecular weight is 306 g/mol. The standard InChI is InChI=1S/C18H18N4O/c1-21(12-15-8-4-2-5-9-15)18(23)17-14-22(20-19-17)13-16-10-6-3-7-11-16/h2-11,14H,12-13H2,1H3. The fraction of sp³-hybridized carbons (Fsp3) is 0.167. The molecule has 0 bridgehead atoms. The molecule has 5 nitrogen and oxygen atoms in total. The maximum atomic E-state index is 12.4. The molecule has 0 aliphatic heterocycles. The Labute approximate surface area is 135 Å². The van der Waals surface area contributed by atoms with Crippen molar-refractivity contribution in [3.05, 3.63) is 83.7 Å². The minimum Gasteiger partial charge on any atom is -0.336 e. The smallest absolute Gasteiger partial charge is 0.276 e. The Hall–Kier alpha value is -2.95. The lowest BCUT2D eigenvalue weighted by atomic mass is 10.2. The van der Waals surface area contributed by atoms with Gasteiger partial charge in [0.05, 0.1) is 12.7 Å². The molecule has 0 spiro atoms. The van der Waals surface area contributed by atoms with Crippen molar-refractivity contribution in [1.82, 2.24) is 19.9 Å². The Kier molecular flexibility index (Phi) is 4.47. The van der Waals surface area contributed by atoms with Crippen LogP contribution < -0.4 is 0 Å². The van der Waals surface area contributed by atoms with Crippen LogP contribution in [0.1, 0.15) is 21.6 Å². The van der Waals surface area contributed by atoms with Crippen LogP contribution in [0.15, 0.2) is 66.9 Å². The number of hydrogen-bond donors (Lipinski definition) is 0. The molecule has 0 fully saturated rings. The summed E-state index contributed by atoms with van der Waals surface area (Å²) in [6.07, 6.45) is 1.69. The van der Waals surface area contributed by atoms with Crippen LogP contribution in [0, 0.1) is 0 Å². The van der Waals surface area contributed by atoms with Crippen molar-refractivity contribution < 1.29 is 4.79 Å². The van der Waals surface area contributed by atoms with Gasteiger partial charge in [-0.25, -0.2) is 4.68 Å². The second-order valence-corrected chi connectivity index (χ2v) is 5.43. The van der Waals surface area contributed by atoms with Crippen molar-refractivity contribution in [2.24, 2.45) is 0 Å². The Morgan fingerprint density at radius 3 is 2.26 bits per heavy atom. The molecule has 0 aliphatic rings. The molecule has 1 amide bonds. The normalized spacial score (nSPS) is 10.5. The molecule has 23 heavy (non-hydrogen) atoms. The van der Waals surface area contributed by atoms with E-state index in [0.29, 0.717) is 18.8 Å². The average Bonchev–Trinajstić information content (AvgIpc) is 3.04. The van der Waals surface area contributed by atoms with E-state index in [2.05, 4.69) is 10.3 Å². The van der Waals surface area contributed by atoms with Gasteiger partial charge in [0.25, 0.3) is 5.91 Å². The van der Waals surface area contributed by atoms with Gasteiger partial charge in [0.1, 0.15) is 0 Å². The number of aromatic nitrogens is 3. The third-order valence-corrected chi connectivity index (χ3v) is 3.55. The summed E-state index contributed by atoms with van der Waals surface area (Å²) >= 11 is 0. The highest BCUT2D eigenvalue weighted by Crippen LogP contribution is 2.07. The predicted molar refractivity (Wildman–Crippen MR) is 87.8 cm³/mol. The van der Waals surface area contributed by atoms with E-state index >= 15 is 0 Å². The second-order valence-electron chi connectivity index (χ2n) is 5.43. The topological polar surface area (TPSA) is 51.0 Å². The van der Waals surface area contributed by atoms with E-state index in [4.69, 9.17) is 0 Å². The van der Waals surface area contributed by atoms with Crippen molar-refractivity contribution in [2.45, 2.75) is 13.1 Å². The second kappa shape index (κ2) is 6.87. The first-order valence-electron chi connectivity index (χ1n) is 7.46. The van der Waals surface area contributed by atoms with Crippen molar-refractivity contribution in [3.8, 4) is 0 Å². The van der Waals surface area contributed by atoms with Gasteiger partial charge in [0, 0.05) is 13.6 Å². The fourth-order valence-electron chi connectivity index (χ4n) is 2.37. The number of benzene rings is 2. The van der Waals surface area contributed by atoms with Gasteiger partial charge in [0.2, 0.25) is 0 Å². The Balaban J connectivity index is 1.66. The van der Waals surface area contributed by atoms with Crippen molar-refractivity contribution in [1.29, 1.82) is 0 Å². The van der Waals surface area contributed by atoms with E-state index in [-0.39, 0.29) is 5.91 Å². The van der Waals surface area contributed by atoms with E-state index in [9.17, 15) is 4.79 Å².